The van der Waals surface area contributed by atoms with Crippen LogP contribution in [-0.4, -0.2) is 86.2 Å². The third-order valence-electron chi connectivity index (χ3n) is 8.94. The molecule has 0 amide bonds. The van der Waals surface area contributed by atoms with E-state index in [-0.39, 0.29) is 196 Å². The second kappa shape index (κ2) is 27.2. The second-order valence-corrected chi connectivity index (χ2v) is 18.9. The van der Waals surface area contributed by atoms with Crippen molar-refractivity contribution in [3.8, 4) is 11.5 Å². The number of hydrogen-bond donors (Lipinski definition) is 2. The van der Waals surface area contributed by atoms with Gasteiger partial charge in [0.25, 0.3) is 11.4 Å². The molecule has 2 N–H and O–H groups in total. The maximum absolute atomic E-state index is 12.4. The SMILES string of the molecule is COc1cc(N=Nc2cccc(S(=O)(=O)[O-])c2)ccc1N=[N+](O)c1ccc(/C=C/c2ccc([N+](O)=Nc3ccc(N=Nc4cccc(S(=O)(=O)[O-])c4)cc3OC)cc2S(=O)(=O)[O-])c(S(=O)(=O)[O-])c1.[Na+].[Na+].[Na+].[Na+]. The van der Waals surface area contributed by atoms with Crippen molar-refractivity contribution in [2.24, 2.45) is 30.7 Å². The summed E-state index contributed by atoms with van der Waals surface area (Å²) in [6.07, 6.45) is 2.02. The van der Waals surface area contributed by atoms with E-state index in [9.17, 15) is 62.3 Å². The molecule has 0 saturated heterocycles. The Kier molecular flexibility index (Phi) is 24.3. The third kappa shape index (κ3) is 17.4. The molecule has 0 atom stereocenters. The molecule has 0 aliphatic rings. The van der Waals surface area contributed by atoms with Crippen LogP contribution < -0.4 is 128 Å². The summed E-state index contributed by atoms with van der Waals surface area (Å²) in [5, 5.41) is 45.4. The first-order valence-electron chi connectivity index (χ1n) is 18.5. The maximum Gasteiger partial charge on any atom is 1.00 e. The maximum atomic E-state index is 12.4. The van der Waals surface area contributed by atoms with Crippen LogP contribution in [0.5, 0.6) is 11.5 Å². The van der Waals surface area contributed by atoms with Crippen molar-refractivity contribution in [3.05, 3.63) is 132 Å². The van der Waals surface area contributed by atoms with E-state index in [0.29, 0.717) is 0 Å². The molecule has 0 bridgehead atoms. The number of nitrogens with zero attached hydrogens (tertiary/aromatic N) is 8. The molecule has 352 valence electrons. The molecule has 0 radical (unpaired) electrons. The van der Waals surface area contributed by atoms with Gasteiger partial charge in [-0.25, -0.2) is 33.7 Å². The van der Waals surface area contributed by atoms with E-state index in [2.05, 4.69) is 30.7 Å². The summed E-state index contributed by atoms with van der Waals surface area (Å²) >= 11 is 0. The van der Waals surface area contributed by atoms with E-state index in [1.165, 1.54) is 74.9 Å². The van der Waals surface area contributed by atoms with Crippen LogP contribution in [0.2, 0.25) is 0 Å². The van der Waals surface area contributed by atoms with E-state index in [4.69, 9.17) is 9.47 Å². The Balaban J connectivity index is 0.00000444. The average molecular weight is 1100 g/mol. The van der Waals surface area contributed by atoms with Gasteiger partial charge in [-0.3, -0.25) is 10.4 Å². The third-order valence-corrected chi connectivity index (χ3v) is 12.4. The first-order valence-corrected chi connectivity index (χ1v) is 24.2. The molecule has 6 rings (SSSR count). The topological polar surface area (TPSA) is 368 Å². The van der Waals surface area contributed by atoms with Crippen LogP contribution in [0.15, 0.2) is 172 Å². The Morgan fingerprint density at radius 1 is 0.444 bits per heavy atom. The van der Waals surface area contributed by atoms with Gasteiger partial charge >= 0.3 is 118 Å². The fourth-order valence-electron chi connectivity index (χ4n) is 5.76. The zero-order valence-corrected chi connectivity index (χ0v) is 49.8. The quantitative estimate of drug-likeness (QED) is 0.0233. The monoisotopic (exact) mass is 1100 g/mol. The van der Waals surface area contributed by atoms with Crippen LogP contribution in [0.4, 0.5) is 45.5 Å². The Bertz CT molecular complexity index is 3370. The summed E-state index contributed by atoms with van der Waals surface area (Å²) in [7, 11) is -17.6. The molecule has 24 nitrogen and oxygen atoms in total. The van der Waals surface area contributed by atoms with E-state index in [1.807, 2.05) is 0 Å². The summed E-state index contributed by atoms with van der Waals surface area (Å²) in [5.74, 6) is 0.0284. The summed E-state index contributed by atoms with van der Waals surface area (Å²) < 4.78 is 153. The minimum atomic E-state index is -5.31. The average Bonchev–Trinajstić information content (AvgIpc) is 3.29. The van der Waals surface area contributed by atoms with Crippen LogP contribution in [0, 0.1) is 0 Å². The minimum absolute atomic E-state index is 0. The Labute approximate surface area is 500 Å². The van der Waals surface area contributed by atoms with Crippen molar-refractivity contribution in [3.63, 3.8) is 0 Å². The first-order chi connectivity index (χ1) is 31.9. The van der Waals surface area contributed by atoms with Gasteiger partial charge in [0.05, 0.1) is 66.8 Å². The molecule has 0 spiro atoms. The van der Waals surface area contributed by atoms with Gasteiger partial charge in [0, 0.05) is 36.4 Å². The van der Waals surface area contributed by atoms with E-state index in [0.717, 1.165) is 72.8 Å². The molecule has 0 heterocycles. The van der Waals surface area contributed by atoms with E-state index >= 15 is 0 Å². The van der Waals surface area contributed by atoms with Gasteiger partial charge in [0.15, 0.2) is 22.9 Å². The molecule has 32 heteroatoms. The van der Waals surface area contributed by atoms with Crippen LogP contribution in [0.1, 0.15) is 11.1 Å². The number of hydrogen-bond acceptors (Lipinski definition) is 20. The number of azo groups is 4. The summed E-state index contributed by atoms with van der Waals surface area (Å²) in [5.41, 5.74) is -0.934. The van der Waals surface area contributed by atoms with Crippen LogP contribution in [0.25, 0.3) is 12.2 Å². The minimum Gasteiger partial charge on any atom is -0.744 e. The Morgan fingerprint density at radius 3 is 1.08 bits per heavy atom. The number of rotatable bonds is 16. The Morgan fingerprint density at radius 2 is 0.778 bits per heavy atom. The zero-order valence-electron chi connectivity index (χ0n) is 38.5. The molecule has 72 heavy (non-hydrogen) atoms. The van der Waals surface area contributed by atoms with Gasteiger partial charge in [-0.05, 0) is 83.9 Å². The summed E-state index contributed by atoms with van der Waals surface area (Å²) in [4.78, 5) is -2.36. The molecule has 0 fully saturated rings. The molecule has 0 unspecified atom stereocenters. The van der Waals surface area contributed by atoms with Crippen LogP contribution in [-0.2, 0) is 40.5 Å². The molecule has 0 aromatic heterocycles. The fraction of sp³-hybridized carbons (Fsp3) is 0.0500. The Hall–Kier alpha value is -3.70. The molecular weight excluding hydrogens is 1070 g/mol. The van der Waals surface area contributed by atoms with Gasteiger partial charge in [-0.1, -0.05) is 24.3 Å². The second-order valence-electron chi connectivity index (χ2n) is 13.5. The van der Waals surface area contributed by atoms with Crippen molar-refractivity contribution >= 4 is 98.1 Å². The normalized spacial score (nSPS) is 12.4. The van der Waals surface area contributed by atoms with Crippen molar-refractivity contribution < 1.29 is 200 Å². The molecule has 0 saturated carbocycles. The van der Waals surface area contributed by atoms with Crippen molar-refractivity contribution in [2.75, 3.05) is 14.2 Å². The molecular formula is C40H30N8Na4O16S4+2. The van der Waals surface area contributed by atoms with Gasteiger partial charge < -0.3 is 27.7 Å². The van der Waals surface area contributed by atoms with Gasteiger partial charge in [0.1, 0.15) is 50.2 Å². The number of benzene rings is 6. The number of ether oxygens (including phenoxy) is 2. The van der Waals surface area contributed by atoms with Gasteiger partial charge in [0.2, 0.25) is 0 Å². The predicted molar refractivity (Wildman–Crippen MR) is 228 cm³/mol. The fourth-order valence-corrected chi connectivity index (χ4v) is 8.16. The summed E-state index contributed by atoms with van der Waals surface area (Å²) in [6.45, 7) is 0. The van der Waals surface area contributed by atoms with Gasteiger partial charge in [-0.2, -0.15) is 20.5 Å². The van der Waals surface area contributed by atoms with E-state index in [1.54, 1.807) is 0 Å². The molecule has 6 aromatic carbocycles. The zero-order chi connectivity index (χ0) is 49.6. The van der Waals surface area contributed by atoms with Crippen molar-refractivity contribution in [1.82, 2.24) is 0 Å². The van der Waals surface area contributed by atoms with Crippen molar-refractivity contribution in [2.45, 2.75) is 19.6 Å². The summed E-state index contributed by atoms with van der Waals surface area (Å²) in [6, 6.07) is 23.7. The largest absolute Gasteiger partial charge is 1.00 e. The van der Waals surface area contributed by atoms with Crippen LogP contribution in [0.3, 0.4) is 0 Å². The molecule has 6 aromatic rings. The standard InChI is InChI=1S/C40H32N8O16S4.4Na/c1-63-37-21-29(43-41-27-5-3-7-33(19-27)65(51,52)53)13-17-35(37)45-47(49)31-15-11-25(39(23-31)67(57,58)59)9-10-26-12-16-32(24-40(26)68(60,61)62)48(50)46-36-18-14-30(22-38(36)64-2)44-42-28-6-4-8-34(20-28)66(54,55)56;;;;/h3-24H,1-2H3,(H4-2,45,46,49,50,51,52,53,54,55,56,57,58,59,60,61,62);;;;/q;4*+1/p-2/b10-9+;;;;. The first kappa shape index (κ1) is 64.4. The predicted octanol–water partition coefficient (Wildman–Crippen LogP) is -4.03. The smallest absolute Gasteiger partial charge is 0.744 e. The van der Waals surface area contributed by atoms with Crippen molar-refractivity contribution in [1.29, 1.82) is 0 Å². The molecule has 0 aliphatic carbocycles. The number of methoxy groups -OCH3 is 2. The van der Waals surface area contributed by atoms with Crippen LogP contribution >= 0.6 is 0 Å². The van der Waals surface area contributed by atoms with Gasteiger partial charge in [-0.15, -0.1) is 0 Å². The van der Waals surface area contributed by atoms with E-state index < -0.39 is 60.1 Å². The molecule has 0 aliphatic heterocycles.